The van der Waals surface area contributed by atoms with Crippen LogP contribution in [-0.2, 0) is 0 Å². The summed E-state index contributed by atoms with van der Waals surface area (Å²) in [7, 11) is 0. The van der Waals surface area contributed by atoms with E-state index >= 15 is 0 Å². The third-order valence-corrected chi connectivity index (χ3v) is 4.21. The first-order chi connectivity index (χ1) is 10.1. The van der Waals surface area contributed by atoms with E-state index in [4.69, 9.17) is 10.5 Å². The van der Waals surface area contributed by atoms with Crippen LogP contribution in [-0.4, -0.2) is 16.0 Å². The number of imidazole rings is 1. The van der Waals surface area contributed by atoms with E-state index in [9.17, 15) is 0 Å². The standard InChI is InChI=1S/C16H16BrN3O/c1-3-21-12-6-4-11(5-7-12)15-16(18)20-9-13(17)10(2)8-14(20)19-15/h4-9H,3,18H2,1-2H3. The van der Waals surface area contributed by atoms with Crippen LogP contribution < -0.4 is 10.5 Å². The Kier molecular flexibility index (Phi) is 3.59. The molecule has 108 valence electrons. The second-order valence-corrected chi connectivity index (χ2v) is 5.69. The van der Waals surface area contributed by atoms with E-state index < -0.39 is 0 Å². The predicted octanol–water partition coefficient (Wildman–Crippen LogP) is 4.05. The lowest BCUT2D eigenvalue weighted by Crippen LogP contribution is -1.95. The maximum atomic E-state index is 6.24. The van der Waals surface area contributed by atoms with Crippen LogP contribution in [0.3, 0.4) is 0 Å². The number of halogens is 1. The number of benzene rings is 1. The fourth-order valence-electron chi connectivity index (χ4n) is 2.27. The first-order valence-corrected chi connectivity index (χ1v) is 7.56. The van der Waals surface area contributed by atoms with Gasteiger partial charge in [0.25, 0.3) is 0 Å². The van der Waals surface area contributed by atoms with Crippen molar-refractivity contribution in [2.75, 3.05) is 12.3 Å². The van der Waals surface area contributed by atoms with Gasteiger partial charge in [0, 0.05) is 16.2 Å². The van der Waals surface area contributed by atoms with Crippen molar-refractivity contribution in [1.82, 2.24) is 9.38 Å². The van der Waals surface area contributed by atoms with Gasteiger partial charge in [0.15, 0.2) is 0 Å². The van der Waals surface area contributed by atoms with Crippen molar-refractivity contribution in [3.8, 4) is 17.0 Å². The molecule has 0 aliphatic heterocycles. The maximum Gasteiger partial charge on any atom is 0.139 e. The highest BCUT2D eigenvalue weighted by Crippen LogP contribution is 2.29. The third-order valence-electron chi connectivity index (χ3n) is 3.38. The third kappa shape index (κ3) is 2.49. The van der Waals surface area contributed by atoms with E-state index in [1.54, 1.807) is 0 Å². The highest BCUT2D eigenvalue weighted by molar-refractivity contribution is 9.10. The largest absolute Gasteiger partial charge is 0.494 e. The highest BCUT2D eigenvalue weighted by Gasteiger charge is 2.12. The van der Waals surface area contributed by atoms with Gasteiger partial charge in [0.1, 0.15) is 22.9 Å². The number of nitrogens with two attached hydrogens (primary N) is 1. The van der Waals surface area contributed by atoms with E-state index in [1.807, 2.05) is 54.8 Å². The summed E-state index contributed by atoms with van der Waals surface area (Å²) < 4.78 is 8.36. The second-order valence-electron chi connectivity index (χ2n) is 4.84. The van der Waals surface area contributed by atoms with Crippen LogP contribution in [0.2, 0.25) is 0 Å². The number of fused-ring (bicyclic) bond motifs is 1. The zero-order valence-electron chi connectivity index (χ0n) is 11.9. The minimum atomic E-state index is 0.634. The molecule has 2 heterocycles. The van der Waals surface area contributed by atoms with Gasteiger partial charge in [0.05, 0.1) is 6.61 Å². The smallest absolute Gasteiger partial charge is 0.139 e. The summed E-state index contributed by atoms with van der Waals surface area (Å²) in [5.74, 6) is 1.48. The van der Waals surface area contributed by atoms with Crippen molar-refractivity contribution < 1.29 is 4.74 Å². The van der Waals surface area contributed by atoms with Crippen molar-refractivity contribution in [3.63, 3.8) is 0 Å². The van der Waals surface area contributed by atoms with Gasteiger partial charge in [-0.3, -0.25) is 4.40 Å². The number of hydrogen-bond acceptors (Lipinski definition) is 3. The summed E-state index contributed by atoms with van der Waals surface area (Å²) in [6.45, 7) is 4.66. The molecule has 0 aliphatic carbocycles. The molecule has 2 N–H and O–H groups in total. The molecular weight excluding hydrogens is 330 g/mol. The maximum absolute atomic E-state index is 6.24. The number of anilines is 1. The highest BCUT2D eigenvalue weighted by atomic mass is 79.9. The Balaban J connectivity index is 2.09. The van der Waals surface area contributed by atoms with E-state index in [1.165, 1.54) is 0 Å². The van der Waals surface area contributed by atoms with E-state index in [2.05, 4.69) is 20.9 Å². The van der Waals surface area contributed by atoms with Crippen LogP contribution in [0.1, 0.15) is 12.5 Å². The molecule has 2 aromatic heterocycles. The minimum absolute atomic E-state index is 0.634. The topological polar surface area (TPSA) is 52.5 Å². The molecule has 0 radical (unpaired) electrons. The number of hydrogen-bond donors (Lipinski definition) is 1. The van der Waals surface area contributed by atoms with Crippen molar-refractivity contribution in [3.05, 3.63) is 46.6 Å². The zero-order valence-corrected chi connectivity index (χ0v) is 13.5. The molecule has 3 rings (SSSR count). The fraction of sp³-hybridized carbons (Fsp3) is 0.188. The summed E-state index contributed by atoms with van der Waals surface area (Å²) >= 11 is 3.52. The number of ether oxygens (including phenoxy) is 1. The Bertz CT molecular complexity index is 793. The lowest BCUT2D eigenvalue weighted by Gasteiger charge is -2.04. The molecule has 1 aromatic carbocycles. The first-order valence-electron chi connectivity index (χ1n) is 6.77. The fourth-order valence-corrected chi connectivity index (χ4v) is 2.59. The molecule has 0 atom stereocenters. The number of nitrogen functional groups attached to an aromatic ring is 1. The lowest BCUT2D eigenvalue weighted by atomic mass is 10.1. The molecule has 0 amide bonds. The average molecular weight is 346 g/mol. The monoisotopic (exact) mass is 345 g/mol. The van der Waals surface area contributed by atoms with Crippen LogP contribution in [0.15, 0.2) is 41.0 Å². The Morgan fingerprint density at radius 3 is 2.67 bits per heavy atom. The molecule has 4 nitrogen and oxygen atoms in total. The lowest BCUT2D eigenvalue weighted by molar-refractivity contribution is 0.340. The molecule has 0 bridgehead atoms. The summed E-state index contributed by atoms with van der Waals surface area (Å²) in [6.07, 6.45) is 1.95. The van der Waals surface area contributed by atoms with Gasteiger partial charge in [-0.05, 0) is 65.7 Å². The summed E-state index contributed by atoms with van der Waals surface area (Å²) in [4.78, 5) is 4.64. The van der Waals surface area contributed by atoms with E-state index in [0.29, 0.717) is 12.4 Å². The van der Waals surface area contributed by atoms with Crippen LogP contribution in [0, 0.1) is 6.92 Å². The molecule has 21 heavy (non-hydrogen) atoms. The number of rotatable bonds is 3. The van der Waals surface area contributed by atoms with Crippen LogP contribution in [0.25, 0.3) is 16.9 Å². The van der Waals surface area contributed by atoms with Gasteiger partial charge in [-0.1, -0.05) is 0 Å². The Morgan fingerprint density at radius 2 is 2.00 bits per heavy atom. The molecule has 0 fully saturated rings. The SMILES string of the molecule is CCOc1ccc(-c2nc3cc(C)c(Br)cn3c2N)cc1. The predicted molar refractivity (Wildman–Crippen MR) is 88.6 cm³/mol. The van der Waals surface area contributed by atoms with Crippen LogP contribution >= 0.6 is 15.9 Å². The molecule has 3 aromatic rings. The number of pyridine rings is 1. The Hall–Kier alpha value is -2.01. The molecule has 0 saturated heterocycles. The zero-order chi connectivity index (χ0) is 15.0. The van der Waals surface area contributed by atoms with Crippen LogP contribution in [0.4, 0.5) is 5.82 Å². The summed E-state index contributed by atoms with van der Waals surface area (Å²) in [5.41, 5.74) is 9.98. The Labute approximate surface area is 131 Å². The molecule has 0 spiro atoms. The number of nitrogens with zero attached hydrogens (tertiary/aromatic N) is 2. The number of aromatic nitrogens is 2. The van der Waals surface area contributed by atoms with E-state index in [-0.39, 0.29) is 0 Å². The van der Waals surface area contributed by atoms with Crippen molar-refractivity contribution in [2.45, 2.75) is 13.8 Å². The van der Waals surface area contributed by atoms with Crippen molar-refractivity contribution in [1.29, 1.82) is 0 Å². The normalized spacial score (nSPS) is 11.0. The summed E-state index contributed by atoms with van der Waals surface area (Å²) in [5, 5.41) is 0. The first kappa shape index (κ1) is 13.9. The molecule has 0 unspecified atom stereocenters. The van der Waals surface area contributed by atoms with Gasteiger partial charge in [0.2, 0.25) is 0 Å². The molecule has 5 heteroatoms. The Morgan fingerprint density at radius 1 is 1.29 bits per heavy atom. The second kappa shape index (κ2) is 5.41. The van der Waals surface area contributed by atoms with Crippen LogP contribution in [0.5, 0.6) is 5.75 Å². The van der Waals surface area contributed by atoms with Gasteiger partial charge < -0.3 is 10.5 Å². The molecule has 0 aliphatic rings. The quantitative estimate of drug-likeness (QED) is 0.778. The van der Waals surface area contributed by atoms with Gasteiger partial charge >= 0.3 is 0 Å². The van der Waals surface area contributed by atoms with Crippen molar-refractivity contribution in [2.24, 2.45) is 0 Å². The van der Waals surface area contributed by atoms with Gasteiger partial charge in [-0.2, -0.15) is 0 Å². The van der Waals surface area contributed by atoms with Crippen molar-refractivity contribution >= 4 is 27.4 Å². The number of aryl methyl sites for hydroxylation is 1. The molecule has 0 saturated carbocycles. The van der Waals surface area contributed by atoms with Gasteiger partial charge in [-0.25, -0.2) is 4.98 Å². The van der Waals surface area contributed by atoms with E-state index in [0.717, 1.165) is 32.7 Å². The average Bonchev–Trinajstić information content (AvgIpc) is 2.78. The minimum Gasteiger partial charge on any atom is -0.494 e. The summed E-state index contributed by atoms with van der Waals surface area (Å²) in [6, 6.07) is 9.83. The molecular formula is C16H16BrN3O. The van der Waals surface area contributed by atoms with Gasteiger partial charge in [-0.15, -0.1) is 0 Å².